The summed E-state index contributed by atoms with van der Waals surface area (Å²) in [5.41, 5.74) is 19.2. The smallest absolute Gasteiger partial charge is 0.0185 e. The highest BCUT2D eigenvalue weighted by Crippen LogP contribution is 2.94. The molecular formula is C46H64P4. The molecule has 268 valence electrons. The molecule has 10 aliphatic rings. The molecule has 0 aromatic heterocycles. The molecule has 0 radical (unpaired) electrons. The average Bonchev–Trinajstić information content (AvgIpc) is 3.85. The minimum absolute atomic E-state index is 0.101. The van der Waals surface area contributed by atoms with E-state index in [2.05, 4.69) is 138 Å². The van der Waals surface area contributed by atoms with E-state index in [1.54, 1.807) is 43.5 Å². The topological polar surface area (TPSA) is 0 Å². The van der Waals surface area contributed by atoms with Crippen molar-refractivity contribution in [1.82, 2.24) is 0 Å². The predicted octanol–water partition coefficient (Wildman–Crippen LogP) is 15.9. The molecule has 0 fully saturated rings. The third kappa shape index (κ3) is 3.07. The van der Waals surface area contributed by atoms with Crippen molar-refractivity contribution in [3.63, 3.8) is 0 Å². The molecule has 2 aliphatic carbocycles. The molecule has 0 aromatic carbocycles. The first-order valence-electron chi connectivity index (χ1n) is 19.8. The standard InChI is InChI=1S/2C23H32P2/c2*1-11-13(3)24-15(5)22(11,9)19-17(24)18-20(21(19,7)8)23(10)12(2)14(4)25(18)16(23)6/h2*15-16H,1-10H3/t2*15?,16?,22-,23-,24+,25+/m10/s1. The van der Waals surface area contributed by atoms with Crippen molar-refractivity contribution in [1.29, 1.82) is 0 Å². The van der Waals surface area contributed by atoms with Crippen molar-refractivity contribution in [3.05, 3.63) is 87.1 Å². The Morgan fingerprint density at radius 3 is 0.640 bits per heavy atom. The highest BCUT2D eigenvalue weighted by Gasteiger charge is 2.72. The Bertz CT molecular complexity index is 1790. The molecule has 8 heterocycles. The lowest BCUT2D eigenvalue weighted by Gasteiger charge is -2.45. The normalized spacial score (nSPS) is 49.2. The van der Waals surface area contributed by atoms with Crippen LogP contribution in [-0.2, 0) is 0 Å². The van der Waals surface area contributed by atoms with E-state index in [1.165, 1.54) is 0 Å². The zero-order valence-corrected chi connectivity index (χ0v) is 38.7. The number of hydrogen-bond donors (Lipinski definition) is 0. The van der Waals surface area contributed by atoms with E-state index < -0.39 is 0 Å². The highest BCUT2D eigenvalue weighted by atomic mass is 31.1. The van der Waals surface area contributed by atoms with Crippen molar-refractivity contribution in [2.45, 2.75) is 161 Å². The van der Waals surface area contributed by atoms with Crippen LogP contribution in [0.2, 0.25) is 0 Å². The largest absolute Gasteiger partial charge is 0.0589 e. The summed E-state index contributed by atoms with van der Waals surface area (Å²) in [5, 5.41) is 14.6. The first kappa shape index (κ1) is 35.3. The summed E-state index contributed by atoms with van der Waals surface area (Å²) >= 11 is 0. The van der Waals surface area contributed by atoms with E-state index in [9.17, 15) is 0 Å². The van der Waals surface area contributed by atoms with E-state index in [0.717, 1.165) is 22.6 Å². The fourth-order valence-electron chi connectivity index (χ4n) is 15.1. The molecule has 0 aromatic rings. The van der Waals surface area contributed by atoms with Gasteiger partial charge in [-0.2, -0.15) is 0 Å². The van der Waals surface area contributed by atoms with E-state index in [1.807, 2.05) is 43.5 Å². The van der Waals surface area contributed by atoms with Gasteiger partial charge in [-0.1, -0.05) is 105 Å². The SMILES string of the molecule is CC1=C(C)[C@@]2(C)C3=C(C4=C(C3(C)C)[C@]3(C)C(C)=C(C)[P@@]4C3C)[P@]1C2C.CC1=C(C)[C@]2(C)C3=C(C4=C(C3(C)C)[C@@]3(C)C(C)=C(C)[P@]4C3C)[P@@]1C2C. The Labute approximate surface area is 311 Å². The Balaban J connectivity index is 0.000000135. The van der Waals surface area contributed by atoms with Gasteiger partial charge in [0.05, 0.1) is 0 Å². The molecule has 0 amide bonds. The maximum atomic E-state index is 2.58. The van der Waals surface area contributed by atoms with Gasteiger partial charge in [0.15, 0.2) is 0 Å². The second-order valence-electron chi connectivity index (χ2n) is 20.0. The molecule has 0 spiro atoms. The molecule has 10 rings (SSSR count). The zero-order chi connectivity index (χ0) is 36.9. The molecule has 4 unspecified atom stereocenters. The summed E-state index contributed by atoms with van der Waals surface area (Å²) < 4.78 is 0. The lowest BCUT2D eigenvalue weighted by molar-refractivity contribution is 0.328. The van der Waals surface area contributed by atoms with E-state index in [0.29, 0.717) is 21.7 Å². The second kappa shape index (κ2) is 9.53. The lowest BCUT2D eigenvalue weighted by Crippen LogP contribution is -2.38. The maximum absolute atomic E-state index is 2.58. The van der Waals surface area contributed by atoms with Gasteiger partial charge in [0.25, 0.3) is 0 Å². The van der Waals surface area contributed by atoms with Crippen LogP contribution in [0.1, 0.15) is 138 Å². The molecule has 0 N–H and O–H groups in total. The number of allylic oxidation sites excluding steroid dienone is 16. The Morgan fingerprint density at radius 1 is 0.320 bits per heavy atom. The van der Waals surface area contributed by atoms with Crippen LogP contribution in [0.25, 0.3) is 0 Å². The first-order chi connectivity index (χ1) is 22.9. The first-order valence-corrected chi connectivity index (χ1v) is 25.4. The van der Waals surface area contributed by atoms with Crippen molar-refractivity contribution >= 4 is 31.7 Å². The monoisotopic (exact) mass is 740 g/mol. The summed E-state index contributed by atoms with van der Waals surface area (Å²) in [5.74, 6) is 0. The van der Waals surface area contributed by atoms with Gasteiger partial charge < -0.3 is 0 Å². The minimum Gasteiger partial charge on any atom is -0.0589 e. The average molecular weight is 741 g/mol. The van der Waals surface area contributed by atoms with Gasteiger partial charge in [-0.25, -0.2) is 0 Å². The number of rotatable bonds is 0. The fraction of sp³-hybridized carbons (Fsp3) is 0.652. The Kier molecular flexibility index (Phi) is 6.74. The van der Waals surface area contributed by atoms with Crippen LogP contribution in [0.4, 0.5) is 0 Å². The fourth-order valence-corrected chi connectivity index (χ4v) is 31.7. The van der Waals surface area contributed by atoms with Crippen LogP contribution in [-0.4, -0.2) is 22.6 Å². The third-order valence-corrected chi connectivity index (χ3v) is 32.0. The van der Waals surface area contributed by atoms with Gasteiger partial charge in [-0.15, -0.1) is 0 Å². The van der Waals surface area contributed by atoms with Crippen LogP contribution in [0, 0.1) is 32.5 Å². The number of fused-ring (bicyclic) bond motifs is 18. The molecule has 0 nitrogen and oxygen atoms in total. The van der Waals surface area contributed by atoms with Crippen LogP contribution in [0.15, 0.2) is 87.1 Å². The van der Waals surface area contributed by atoms with E-state index in [4.69, 9.17) is 0 Å². The van der Waals surface area contributed by atoms with Crippen molar-refractivity contribution in [3.8, 4) is 0 Å². The van der Waals surface area contributed by atoms with Gasteiger partial charge in [0.1, 0.15) is 0 Å². The summed E-state index contributed by atoms with van der Waals surface area (Å²) in [6.07, 6.45) is 0. The molecule has 0 saturated heterocycles. The minimum atomic E-state index is -0.101. The van der Waals surface area contributed by atoms with Gasteiger partial charge in [0.2, 0.25) is 0 Å². The zero-order valence-electron chi connectivity index (χ0n) is 35.1. The molecule has 12 atom stereocenters. The molecule has 4 heteroatoms. The third-order valence-electron chi connectivity index (χ3n) is 18.6. The summed E-state index contributed by atoms with van der Waals surface area (Å²) in [4.78, 5) is 0. The molecule has 8 aliphatic heterocycles. The molecule has 50 heavy (non-hydrogen) atoms. The molecule has 8 bridgehead atoms. The van der Waals surface area contributed by atoms with Crippen molar-refractivity contribution in [2.24, 2.45) is 32.5 Å². The Morgan fingerprint density at radius 2 is 0.480 bits per heavy atom. The second-order valence-corrected chi connectivity index (χ2v) is 30.5. The quantitative estimate of drug-likeness (QED) is 0.217. The summed E-state index contributed by atoms with van der Waals surface area (Å²) in [6, 6.07) is 0. The van der Waals surface area contributed by atoms with Crippen LogP contribution in [0.5, 0.6) is 0 Å². The van der Waals surface area contributed by atoms with Gasteiger partial charge in [0, 0.05) is 32.5 Å². The Hall–Kier alpha value is -0.360. The maximum Gasteiger partial charge on any atom is 0.0185 e. The van der Waals surface area contributed by atoms with Gasteiger partial charge >= 0.3 is 0 Å². The summed E-state index contributed by atoms with van der Waals surface area (Å²) in [7, 11) is -0.405. The van der Waals surface area contributed by atoms with Crippen LogP contribution >= 0.6 is 31.7 Å². The number of hydrogen-bond acceptors (Lipinski definition) is 0. The highest BCUT2D eigenvalue weighted by molar-refractivity contribution is 7.74. The van der Waals surface area contributed by atoms with Gasteiger partial charge in [-0.05, 0) is 175 Å². The molecule has 0 saturated carbocycles. The van der Waals surface area contributed by atoms with Crippen molar-refractivity contribution in [2.75, 3.05) is 0 Å². The van der Waals surface area contributed by atoms with Crippen molar-refractivity contribution < 1.29 is 0 Å². The van der Waals surface area contributed by atoms with Crippen LogP contribution in [0.3, 0.4) is 0 Å². The van der Waals surface area contributed by atoms with E-state index >= 15 is 0 Å². The lowest BCUT2D eigenvalue weighted by atomic mass is 9.58. The summed E-state index contributed by atoms with van der Waals surface area (Å²) in [6.45, 7) is 50.4. The van der Waals surface area contributed by atoms with E-state index in [-0.39, 0.29) is 42.5 Å². The van der Waals surface area contributed by atoms with Gasteiger partial charge in [-0.3, -0.25) is 0 Å². The molecular weight excluding hydrogens is 676 g/mol. The predicted molar refractivity (Wildman–Crippen MR) is 227 cm³/mol. The van der Waals surface area contributed by atoms with Crippen LogP contribution < -0.4 is 0 Å².